The lowest BCUT2D eigenvalue weighted by atomic mass is 9.85. The van der Waals surface area contributed by atoms with Gasteiger partial charge >= 0.3 is 0 Å². The summed E-state index contributed by atoms with van der Waals surface area (Å²) in [4.78, 5) is 0. The Balaban J connectivity index is 1.00. The fraction of sp³-hybridized carbons (Fsp3) is 0.484. The van der Waals surface area contributed by atoms with Crippen molar-refractivity contribution in [3.05, 3.63) is 83.4 Å². The molecular formula is C31H42N10O6. The smallest absolute Gasteiger partial charge is 0.109 e. The molecule has 2 saturated carbocycles. The molecule has 16 heteroatoms. The topological polar surface area (TPSA) is 265 Å². The van der Waals surface area contributed by atoms with Gasteiger partial charge in [-0.2, -0.15) is 0 Å². The van der Waals surface area contributed by atoms with Crippen molar-refractivity contribution < 1.29 is 29.9 Å². The number of benzene rings is 2. The molecule has 10 atom stereocenters. The zero-order valence-corrected chi connectivity index (χ0v) is 25.7. The molecule has 0 spiro atoms. The van der Waals surface area contributed by atoms with Gasteiger partial charge in [-0.05, 0) is 54.7 Å². The Morgan fingerprint density at radius 2 is 0.957 bits per heavy atom. The summed E-state index contributed by atoms with van der Waals surface area (Å²) in [6.07, 6.45) is -1.15. The van der Waals surface area contributed by atoms with Gasteiger partial charge in [-0.15, -0.1) is 10.2 Å². The van der Waals surface area contributed by atoms with Crippen LogP contribution < -0.4 is 22.9 Å². The summed E-state index contributed by atoms with van der Waals surface area (Å²) < 4.78 is 14.9. The number of nitrogens with two attached hydrogens (primary N) is 4. The molecule has 2 heterocycles. The second kappa shape index (κ2) is 14.2. The van der Waals surface area contributed by atoms with Crippen LogP contribution in [0.25, 0.3) is 11.4 Å². The molecule has 0 unspecified atom stereocenters. The highest BCUT2D eigenvalue weighted by atomic mass is 16.5. The van der Waals surface area contributed by atoms with Crippen LogP contribution in [0.2, 0.25) is 0 Å². The second-order valence-corrected chi connectivity index (χ2v) is 12.5. The van der Waals surface area contributed by atoms with E-state index < -0.39 is 60.8 Å². The van der Waals surface area contributed by atoms with Crippen LogP contribution >= 0.6 is 0 Å². The lowest BCUT2D eigenvalue weighted by molar-refractivity contribution is -0.132. The van der Waals surface area contributed by atoms with Crippen molar-refractivity contribution in [3.63, 3.8) is 0 Å². The van der Waals surface area contributed by atoms with Crippen molar-refractivity contribution in [3.8, 4) is 11.4 Å². The van der Waals surface area contributed by atoms with E-state index in [0.717, 1.165) is 22.5 Å². The van der Waals surface area contributed by atoms with E-state index in [2.05, 4.69) is 20.6 Å². The molecule has 4 aromatic rings. The molecule has 2 aliphatic rings. The van der Waals surface area contributed by atoms with E-state index in [1.54, 1.807) is 21.8 Å². The first kappa shape index (κ1) is 33.2. The Morgan fingerprint density at radius 3 is 1.34 bits per heavy atom. The van der Waals surface area contributed by atoms with E-state index in [-0.39, 0.29) is 13.2 Å². The highest BCUT2D eigenvalue weighted by Crippen LogP contribution is 2.23. The first-order valence-corrected chi connectivity index (χ1v) is 15.6. The molecule has 2 aromatic carbocycles. The summed E-state index contributed by atoms with van der Waals surface area (Å²) in [7, 11) is 0. The SMILES string of the molecule is N[C@@H]1C[C@H](N)[C@@H](OCc2cn(-c3ccc(Cc4ccc(-n5cc(CO[C@H]6[C@H](O)[C@@H](O)[C@H](N)C[C@@H]6N)nn5)cc4)cc3)nn2)[C@H](O)[C@H]1O. The number of aliphatic hydroxyl groups excluding tert-OH is 4. The van der Waals surface area contributed by atoms with Crippen molar-refractivity contribution in [1.29, 1.82) is 0 Å². The predicted octanol–water partition coefficient (Wildman–Crippen LogP) is -2.23. The largest absolute Gasteiger partial charge is 0.389 e. The molecule has 0 aliphatic heterocycles. The number of hydrogen-bond donors (Lipinski definition) is 8. The van der Waals surface area contributed by atoms with Gasteiger partial charge in [0.15, 0.2) is 0 Å². The van der Waals surface area contributed by atoms with Crippen molar-refractivity contribution in [2.45, 2.75) is 93.3 Å². The third-order valence-corrected chi connectivity index (χ3v) is 8.92. The van der Waals surface area contributed by atoms with Crippen LogP contribution in [0.5, 0.6) is 0 Å². The Bertz CT molecular complexity index is 1480. The molecule has 252 valence electrons. The second-order valence-electron chi connectivity index (χ2n) is 12.5. The normalized spacial score (nSPS) is 31.2. The summed E-state index contributed by atoms with van der Waals surface area (Å²) in [5.41, 5.74) is 28.8. The Kier molecular flexibility index (Phi) is 10.0. The first-order chi connectivity index (χ1) is 22.6. The molecule has 12 N–H and O–H groups in total. The minimum atomic E-state index is -1.17. The number of rotatable bonds is 10. The van der Waals surface area contributed by atoms with Crippen molar-refractivity contribution in [1.82, 2.24) is 30.0 Å². The zero-order valence-electron chi connectivity index (χ0n) is 25.7. The van der Waals surface area contributed by atoms with E-state index in [0.29, 0.717) is 30.7 Å². The van der Waals surface area contributed by atoms with Gasteiger partial charge in [-0.1, -0.05) is 34.7 Å². The molecule has 0 saturated heterocycles. The van der Waals surface area contributed by atoms with Gasteiger partial charge in [-0.3, -0.25) is 0 Å². The minimum Gasteiger partial charge on any atom is -0.389 e. The quantitative estimate of drug-likeness (QED) is 0.0903. The third-order valence-electron chi connectivity index (χ3n) is 8.92. The lowest BCUT2D eigenvalue weighted by Gasteiger charge is -2.39. The fourth-order valence-corrected chi connectivity index (χ4v) is 6.14. The molecule has 0 radical (unpaired) electrons. The van der Waals surface area contributed by atoms with E-state index in [9.17, 15) is 20.4 Å². The summed E-state index contributed by atoms with van der Waals surface area (Å²) in [6, 6.07) is 13.7. The van der Waals surface area contributed by atoms with Crippen LogP contribution in [0.3, 0.4) is 0 Å². The summed E-state index contributed by atoms with van der Waals surface area (Å²) >= 11 is 0. The maximum atomic E-state index is 10.3. The molecule has 0 amide bonds. The van der Waals surface area contributed by atoms with Crippen LogP contribution in [0, 0.1) is 0 Å². The molecule has 2 aromatic heterocycles. The van der Waals surface area contributed by atoms with Crippen molar-refractivity contribution >= 4 is 0 Å². The molecular weight excluding hydrogens is 608 g/mol. The monoisotopic (exact) mass is 650 g/mol. The molecule has 2 fully saturated rings. The molecule has 2 aliphatic carbocycles. The number of hydrogen-bond acceptors (Lipinski definition) is 14. The maximum absolute atomic E-state index is 10.3. The minimum absolute atomic E-state index is 0.0784. The van der Waals surface area contributed by atoms with E-state index in [4.69, 9.17) is 32.4 Å². The van der Waals surface area contributed by atoms with Crippen molar-refractivity contribution in [2.75, 3.05) is 0 Å². The Morgan fingerprint density at radius 1 is 0.574 bits per heavy atom. The van der Waals surface area contributed by atoms with Crippen LogP contribution in [0.4, 0.5) is 0 Å². The number of ether oxygens (including phenoxy) is 2. The highest BCUT2D eigenvalue weighted by Gasteiger charge is 2.42. The average molecular weight is 651 g/mol. The standard InChI is InChI=1S/C31H42N10O6/c32-22-10-24(34)30(28(44)26(22)42)46-14-18-12-40(38-36-18)20-5-1-16(2-6-20)9-17-3-7-21(8-4-17)41-13-19(37-39-41)15-47-31-25(35)11-23(33)27(43)29(31)45/h1-8,12-13,22-31,42-45H,9-11,14-15,32-35H2/t22-,23-,24+,25+,26+,27+,28-,29-,30-,31-/m1/s1. The third kappa shape index (κ3) is 7.42. The van der Waals surface area contributed by atoms with Gasteiger partial charge in [0.2, 0.25) is 0 Å². The van der Waals surface area contributed by atoms with Gasteiger partial charge in [0, 0.05) is 24.2 Å². The van der Waals surface area contributed by atoms with Crippen molar-refractivity contribution in [2.24, 2.45) is 22.9 Å². The van der Waals surface area contributed by atoms with Gasteiger partial charge in [0.25, 0.3) is 0 Å². The van der Waals surface area contributed by atoms with E-state index in [1.807, 2.05) is 48.5 Å². The van der Waals surface area contributed by atoms with Crippen LogP contribution in [0.1, 0.15) is 35.4 Å². The molecule has 0 bridgehead atoms. The summed E-state index contributed by atoms with van der Waals surface area (Å²) in [5.74, 6) is 0. The number of aromatic nitrogens is 6. The van der Waals surface area contributed by atoms with Crippen LogP contribution in [-0.2, 0) is 29.1 Å². The lowest BCUT2D eigenvalue weighted by Crippen LogP contribution is -2.61. The summed E-state index contributed by atoms with van der Waals surface area (Å²) in [6.45, 7) is 0.157. The number of aliphatic hydroxyl groups is 4. The Labute approximate surface area is 270 Å². The van der Waals surface area contributed by atoms with E-state index >= 15 is 0 Å². The van der Waals surface area contributed by atoms with Gasteiger partial charge in [0.1, 0.15) is 35.8 Å². The first-order valence-electron chi connectivity index (χ1n) is 15.6. The van der Waals surface area contributed by atoms with Gasteiger partial charge in [0.05, 0.1) is 49.2 Å². The van der Waals surface area contributed by atoms with E-state index in [1.165, 1.54) is 0 Å². The molecule has 47 heavy (non-hydrogen) atoms. The average Bonchev–Trinajstić information content (AvgIpc) is 3.74. The molecule has 16 nitrogen and oxygen atoms in total. The molecule has 6 rings (SSSR count). The number of nitrogens with zero attached hydrogens (tertiary/aromatic N) is 6. The fourth-order valence-electron chi connectivity index (χ4n) is 6.14. The zero-order chi connectivity index (χ0) is 33.2. The highest BCUT2D eigenvalue weighted by molar-refractivity contribution is 5.39. The maximum Gasteiger partial charge on any atom is 0.109 e. The van der Waals surface area contributed by atoms with Gasteiger partial charge < -0.3 is 52.8 Å². The van der Waals surface area contributed by atoms with Crippen LogP contribution in [-0.4, -0.2) is 111 Å². The van der Waals surface area contributed by atoms with Crippen LogP contribution in [0.15, 0.2) is 60.9 Å². The Hall–Kier alpha value is -3.68. The predicted molar refractivity (Wildman–Crippen MR) is 168 cm³/mol. The van der Waals surface area contributed by atoms with Gasteiger partial charge in [-0.25, -0.2) is 9.36 Å². The summed E-state index contributed by atoms with van der Waals surface area (Å²) in [5, 5.41) is 57.5.